The molecule has 9 heteroatoms. The summed E-state index contributed by atoms with van der Waals surface area (Å²) in [6.07, 6.45) is 3.59. The third-order valence-corrected chi connectivity index (χ3v) is 5.82. The topological polar surface area (TPSA) is 116 Å². The number of guanidine groups is 1. The number of anilines is 1. The highest BCUT2D eigenvalue weighted by Crippen LogP contribution is 2.40. The molecule has 2 heterocycles. The van der Waals surface area contributed by atoms with E-state index in [-0.39, 0.29) is 11.9 Å². The van der Waals surface area contributed by atoms with E-state index in [1.54, 1.807) is 23.4 Å². The average Bonchev–Trinajstić information content (AvgIpc) is 2.85. The van der Waals surface area contributed by atoms with Crippen LogP contribution in [0.2, 0.25) is 0 Å². The highest BCUT2D eigenvalue weighted by atomic mass is 35.5. The Morgan fingerprint density at radius 1 is 1.15 bits per heavy atom. The number of carbonyl (C=O) groups is 1. The molecule has 2 atom stereocenters. The fourth-order valence-corrected chi connectivity index (χ4v) is 4.01. The van der Waals surface area contributed by atoms with Gasteiger partial charge in [-0.2, -0.15) is 0 Å². The lowest BCUT2D eigenvalue weighted by atomic mass is 10.1. The lowest BCUT2D eigenvalue weighted by molar-refractivity contribution is -0.127. The molecule has 0 saturated carbocycles. The number of nitrogens with zero attached hydrogens (tertiary/aromatic N) is 3. The first-order valence-corrected chi connectivity index (χ1v) is 11.4. The third kappa shape index (κ3) is 5.58. The minimum Gasteiger partial charge on any atom is -0.493 e. The zero-order chi connectivity index (χ0) is 23.9. The van der Waals surface area contributed by atoms with Gasteiger partial charge in [-0.15, -0.1) is 0 Å². The summed E-state index contributed by atoms with van der Waals surface area (Å²) in [6, 6.07) is 18.9. The molecule has 8 nitrogen and oxygen atoms in total. The van der Waals surface area contributed by atoms with Gasteiger partial charge in [0.25, 0.3) is 5.91 Å². The molecule has 2 unspecified atom stereocenters. The Labute approximate surface area is 203 Å². The quantitative estimate of drug-likeness (QED) is 0.210. The van der Waals surface area contributed by atoms with E-state index in [0.717, 1.165) is 17.5 Å². The number of hydrogen-bond donors (Lipinski definition) is 2. The fourth-order valence-electron chi connectivity index (χ4n) is 3.66. The molecular weight excluding hydrogens is 454 g/mol. The summed E-state index contributed by atoms with van der Waals surface area (Å²) in [5.41, 5.74) is 12.5. The van der Waals surface area contributed by atoms with Crippen LogP contribution in [0.1, 0.15) is 23.0 Å². The van der Waals surface area contributed by atoms with E-state index in [1.165, 1.54) is 0 Å². The van der Waals surface area contributed by atoms with Crippen molar-refractivity contribution in [3.8, 4) is 11.5 Å². The summed E-state index contributed by atoms with van der Waals surface area (Å²) in [7, 11) is 0. The molecule has 3 aromatic rings. The van der Waals surface area contributed by atoms with Crippen LogP contribution in [0.4, 0.5) is 5.69 Å². The number of ether oxygens (including phenoxy) is 2. The van der Waals surface area contributed by atoms with Gasteiger partial charge in [-0.1, -0.05) is 54.1 Å². The van der Waals surface area contributed by atoms with Gasteiger partial charge in [0.1, 0.15) is 22.7 Å². The first-order valence-electron chi connectivity index (χ1n) is 10.9. The first-order chi connectivity index (χ1) is 16.5. The number of amides is 1. The van der Waals surface area contributed by atoms with Gasteiger partial charge in [0.2, 0.25) is 0 Å². The Morgan fingerprint density at radius 2 is 1.91 bits per heavy atom. The van der Waals surface area contributed by atoms with Crippen molar-refractivity contribution in [1.82, 2.24) is 4.98 Å². The van der Waals surface area contributed by atoms with E-state index in [4.69, 9.17) is 32.5 Å². The number of rotatable bonds is 9. The number of alkyl halides is 1. The van der Waals surface area contributed by atoms with Crippen LogP contribution in [-0.2, 0) is 11.2 Å². The SMILES string of the molecule is NC(N)=NCCc1ccc(OCCC2Oc3ccncc3N(C(Cl)c3ccccc3)C2=O)cc1. The van der Waals surface area contributed by atoms with Gasteiger partial charge >= 0.3 is 0 Å². The van der Waals surface area contributed by atoms with Crippen LogP contribution in [0.5, 0.6) is 11.5 Å². The molecule has 1 amide bonds. The molecule has 0 saturated heterocycles. The molecule has 176 valence electrons. The van der Waals surface area contributed by atoms with Crippen LogP contribution in [0.15, 0.2) is 78.0 Å². The Morgan fingerprint density at radius 3 is 2.65 bits per heavy atom. The Kier molecular flexibility index (Phi) is 7.49. The van der Waals surface area contributed by atoms with Gasteiger partial charge in [0.15, 0.2) is 12.1 Å². The van der Waals surface area contributed by atoms with E-state index in [1.807, 2.05) is 54.6 Å². The van der Waals surface area contributed by atoms with Crippen LogP contribution in [0, 0.1) is 0 Å². The molecule has 2 aromatic carbocycles. The molecule has 1 aliphatic heterocycles. The largest absolute Gasteiger partial charge is 0.493 e. The number of benzene rings is 2. The lowest BCUT2D eigenvalue weighted by Crippen LogP contribution is -2.47. The van der Waals surface area contributed by atoms with Crippen LogP contribution in [0.3, 0.4) is 0 Å². The molecule has 0 spiro atoms. The third-order valence-electron chi connectivity index (χ3n) is 5.37. The van der Waals surface area contributed by atoms with Crippen LogP contribution < -0.4 is 25.8 Å². The minimum atomic E-state index is -0.723. The van der Waals surface area contributed by atoms with Crippen LogP contribution >= 0.6 is 11.6 Å². The van der Waals surface area contributed by atoms with Crippen molar-refractivity contribution in [1.29, 1.82) is 0 Å². The number of aromatic nitrogens is 1. The molecule has 0 bridgehead atoms. The Balaban J connectivity index is 1.40. The van der Waals surface area contributed by atoms with E-state index in [9.17, 15) is 4.79 Å². The molecule has 1 aliphatic rings. The Hall–Kier alpha value is -3.78. The van der Waals surface area contributed by atoms with Gasteiger partial charge in [0.05, 0.1) is 12.8 Å². The predicted molar refractivity (Wildman–Crippen MR) is 132 cm³/mol. The van der Waals surface area contributed by atoms with Gasteiger partial charge in [-0.3, -0.25) is 19.7 Å². The van der Waals surface area contributed by atoms with Crippen LogP contribution in [0.25, 0.3) is 0 Å². The molecule has 1 aromatic heterocycles. The highest BCUT2D eigenvalue weighted by molar-refractivity contribution is 6.25. The van der Waals surface area contributed by atoms with Gasteiger partial charge in [0, 0.05) is 25.2 Å². The van der Waals surface area contributed by atoms with Gasteiger partial charge < -0.3 is 20.9 Å². The number of halogens is 1. The summed E-state index contributed by atoms with van der Waals surface area (Å²) < 4.78 is 11.8. The second kappa shape index (κ2) is 10.9. The fraction of sp³-hybridized carbons (Fsp3) is 0.240. The predicted octanol–water partition coefficient (Wildman–Crippen LogP) is 3.40. The number of hydrogen-bond acceptors (Lipinski definition) is 5. The number of pyridine rings is 1. The normalized spacial score (nSPS) is 15.7. The second-order valence-electron chi connectivity index (χ2n) is 7.74. The van der Waals surface area contributed by atoms with Gasteiger partial charge in [-0.05, 0) is 29.7 Å². The Bertz CT molecular complexity index is 1140. The second-order valence-corrected chi connectivity index (χ2v) is 8.16. The van der Waals surface area contributed by atoms with Crippen molar-refractivity contribution >= 4 is 29.2 Å². The zero-order valence-electron chi connectivity index (χ0n) is 18.5. The van der Waals surface area contributed by atoms with E-state index < -0.39 is 11.6 Å². The standard InChI is InChI=1S/C25H26ClN5O3/c26-23(18-4-2-1-3-5-18)31-20-16-29-13-11-21(20)34-22(24(31)32)12-15-33-19-8-6-17(7-9-19)10-14-30-25(27)28/h1-9,11,13,16,22-23H,10,12,14-15H2,(H4,27,28,30). The smallest absolute Gasteiger partial charge is 0.269 e. The average molecular weight is 480 g/mol. The molecule has 0 fully saturated rings. The first kappa shape index (κ1) is 23.4. The van der Waals surface area contributed by atoms with Crippen molar-refractivity contribution < 1.29 is 14.3 Å². The summed E-state index contributed by atoms with van der Waals surface area (Å²) in [4.78, 5) is 23.0. The zero-order valence-corrected chi connectivity index (χ0v) is 19.3. The van der Waals surface area contributed by atoms with Crippen molar-refractivity contribution in [2.75, 3.05) is 18.1 Å². The van der Waals surface area contributed by atoms with E-state index in [0.29, 0.717) is 36.8 Å². The molecule has 4 rings (SSSR count). The van der Waals surface area contributed by atoms with Crippen LogP contribution in [-0.4, -0.2) is 36.1 Å². The highest BCUT2D eigenvalue weighted by Gasteiger charge is 2.38. The van der Waals surface area contributed by atoms with Crippen molar-refractivity contribution in [3.63, 3.8) is 0 Å². The number of carbonyl (C=O) groups excluding carboxylic acids is 1. The lowest BCUT2D eigenvalue weighted by Gasteiger charge is -2.36. The summed E-state index contributed by atoms with van der Waals surface area (Å²) >= 11 is 6.74. The summed E-state index contributed by atoms with van der Waals surface area (Å²) in [6.45, 7) is 0.831. The van der Waals surface area contributed by atoms with E-state index in [2.05, 4.69) is 9.98 Å². The minimum absolute atomic E-state index is 0.0844. The number of aliphatic imine (C=N–C) groups is 1. The van der Waals surface area contributed by atoms with Crippen molar-refractivity contribution in [2.24, 2.45) is 16.5 Å². The maximum atomic E-state index is 13.3. The number of fused-ring (bicyclic) bond motifs is 1. The van der Waals surface area contributed by atoms with Crippen molar-refractivity contribution in [3.05, 3.63) is 84.2 Å². The van der Waals surface area contributed by atoms with Crippen molar-refractivity contribution in [2.45, 2.75) is 24.4 Å². The molecular formula is C25H26ClN5O3. The maximum Gasteiger partial charge on any atom is 0.269 e. The summed E-state index contributed by atoms with van der Waals surface area (Å²) in [5, 5.41) is 0. The summed E-state index contributed by atoms with van der Waals surface area (Å²) in [5.74, 6) is 1.12. The molecule has 4 N–H and O–H groups in total. The monoisotopic (exact) mass is 479 g/mol. The maximum absolute atomic E-state index is 13.3. The molecule has 0 radical (unpaired) electrons. The van der Waals surface area contributed by atoms with Gasteiger partial charge in [-0.25, -0.2) is 0 Å². The molecule has 0 aliphatic carbocycles. The molecule has 34 heavy (non-hydrogen) atoms. The van der Waals surface area contributed by atoms with E-state index >= 15 is 0 Å². The number of nitrogens with two attached hydrogens (primary N) is 2.